The Morgan fingerprint density at radius 1 is 0.333 bits per heavy atom. The van der Waals surface area contributed by atoms with Crippen LogP contribution < -0.4 is 0 Å². The molecule has 27 saturated carbocycles. The molecule has 35 atom stereocenters. The molecule has 0 N–H and O–H groups in total. The van der Waals surface area contributed by atoms with E-state index in [-0.39, 0.29) is 0 Å². The van der Waals surface area contributed by atoms with E-state index in [1.54, 1.807) is 0 Å². The standard InChI is InChI=1S/C39H26/c1-5-2-7-13-20-18-11-4-9-16-15-8-3-10-17-19-12-6(1)14-22-23(5)21(7)27(13)33(20)31(18)25(9,11)29(16)28(15)24(8,10)30(17)32(19)26(12,14)34(22)35(23,27)39(33)37(29,31)36(28,30)38(32,34)39/h5-22H,1-4H2. The van der Waals surface area contributed by atoms with Gasteiger partial charge in [-0.15, -0.1) is 0 Å². The van der Waals surface area contributed by atoms with Gasteiger partial charge in [0.15, 0.2) is 0 Å². The lowest BCUT2D eigenvalue weighted by Crippen LogP contribution is -3.61. The summed E-state index contributed by atoms with van der Waals surface area (Å²) < 4.78 is 0. The summed E-state index contributed by atoms with van der Waals surface area (Å²) in [5, 5.41) is 0. The summed E-state index contributed by atoms with van der Waals surface area (Å²) in [6.45, 7) is 0. The summed E-state index contributed by atoms with van der Waals surface area (Å²) in [6, 6.07) is 0. The maximum absolute atomic E-state index is 1.85. The Labute approximate surface area is 223 Å². The lowest BCUT2D eigenvalue weighted by atomic mass is 8.40. The Bertz CT molecular complexity index is 2330. The van der Waals surface area contributed by atoms with E-state index in [4.69, 9.17) is 0 Å². The highest BCUT2D eigenvalue weighted by molar-refractivity contribution is 6.08. The highest BCUT2D eigenvalue weighted by Crippen LogP contribution is 3.64. The van der Waals surface area contributed by atoms with Gasteiger partial charge < -0.3 is 0 Å². The molecule has 0 saturated heterocycles. The van der Waals surface area contributed by atoms with Crippen LogP contribution in [0.4, 0.5) is 0 Å². The van der Waals surface area contributed by atoms with E-state index in [2.05, 4.69) is 0 Å². The van der Waals surface area contributed by atoms with Crippen LogP contribution in [0.2, 0.25) is 0 Å². The minimum atomic E-state index is 1.07. The first-order valence-corrected chi connectivity index (χ1v) is 19.4. The van der Waals surface area contributed by atoms with Crippen LogP contribution in [0.15, 0.2) is 0 Å². The summed E-state index contributed by atoms with van der Waals surface area (Å²) in [5.41, 5.74) is 19.1. The normalized spacial score (nSPS) is 136. The van der Waals surface area contributed by atoms with E-state index >= 15 is 0 Å². The molecule has 0 aliphatic heterocycles. The van der Waals surface area contributed by atoms with Crippen molar-refractivity contribution in [1.29, 1.82) is 0 Å². The van der Waals surface area contributed by atoms with E-state index in [9.17, 15) is 0 Å². The first-order chi connectivity index (χ1) is 19.4. The lowest BCUT2D eigenvalue weighted by Gasteiger charge is -3.62. The zero-order valence-electron chi connectivity index (χ0n) is 21.7. The molecule has 0 aromatic rings. The first-order valence-electron chi connectivity index (χ1n) is 19.4. The van der Waals surface area contributed by atoms with Gasteiger partial charge in [0.25, 0.3) is 0 Å². The van der Waals surface area contributed by atoms with Crippen molar-refractivity contribution in [3.8, 4) is 0 Å². The summed E-state index contributed by atoms with van der Waals surface area (Å²) in [4.78, 5) is 0. The van der Waals surface area contributed by atoms with Crippen LogP contribution in [0, 0.1) is 199 Å². The molecule has 0 nitrogen and oxygen atoms in total. The lowest BCUT2D eigenvalue weighted by molar-refractivity contribution is -1.18. The van der Waals surface area contributed by atoms with Gasteiger partial charge in [-0.3, -0.25) is 0 Å². The van der Waals surface area contributed by atoms with Gasteiger partial charge in [0.05, 0.1) is 0 Å². The van der Waals surface area contributed by atoms with Crippen molar-refractivity contribution >= 4 is 0 Å². The van der Waals surface area contributed by atoms with Gasteiger partial charge in [-0.1, -0.05) is 0 Å². The molecule has 27 fully saturated rings. The molecule has 0 aromatic carbocycles. The zero-order valence-corrected chi connectivity index (χ0v) is 21.7. The van der Waals surface area contributed by atoms with Crippen LogP contribution in [-0.2, 0) is 0 Å². The Kier molecular flexibility index (Phi) is 0.695. The van der Waals surface area contributed by atoms with E-state index in [1.165, 1.54) is 107 Å². The maximum atomic E-state index is 1.85. The van der Waals surface area contributed by atoms with Crippen LogP contribution in [-0.4, -0.2) is 0 Å². The predicted octanol–water partition coefficient (Wildman–Crippen LogP) is 3.77. The maximum Gasteiger partial charge on any atom is -0.000461 e. The summed E-state index contributed by atoms with van der Waals surface area (Å²) in [5.74, 6) is 24.8. The predicted molar refractivity (Wildman–Crippen MR) is 123 cm³/mol. The minimum absolute atomic E-state index is 1.07. The van der Waals surface area contributed by atoms with E-state index < -0.39 is 0 Å². The fourth-order valence-electron chi connectivity index (χ4n) is 41.4. The summed E-state index contributed by atoms with van der Waals surface area (Å²) >= 11 is 0. The third-order valence-electron chi connectivity index (χ3n) is 32.8. The molecule has 27 aliphatic rings. The Morgan fingerprint density at radius 2 is 0.872 bits per heavy atom. The SMILES string of the molecule is C1C2C3C4C5C6CC7C8C9C%10CC%11C%12C%13C%14C%15CC1C1%16C%15C%14%15C%13%14C%12%13C%10%11C9%10C89C76C56C45C34C2C1C41C%16%15C%142C%10%13C96C512. The van der Waals surface area contributed by atoms with Gasteiger partial charge in [-0.05, 0) is 224 Å². The van der Waals surface area contributed by atoms with Gasteiger partial charge in [-0.2, -0.15) is 0 Å². The van der Waals surface area contributed by atoms with Crippen molar-refractivity contribution in [3.63, 3.8) is 0 Å². The van der Waals surface area contributed by atoms with Crippen LogP contribution in [0.5, 0.6) is 0 Å². The summed E-state index contributed by atoms with van der Waals surface area (Å²) in [6.07, 6.45) is 7.35. The molecule has 0 heterocycles. The molecule has 39 heavy (non-hydrogen) atoms. The number of fused-ring (bicyclic) bond motifs is 11. The second-order valence-corrected chi connectivity index (χ2v) is 24.9. The van der Waals surface area contributed by atoms with Crippen molar-refractivity contribution in [2.24, 2.45) is 199 Å². The highest BCUT2D eigenvalue weighted by Gasteiger charge is 3.63. The third kappa shape index (κ3) is 0.300. The van der Waals surface area contributed by atoms with E-state index in [0.717, 1.165) is 92.1 Å². The minimum Gasteiger partial charge on any atom is -0.0464 e. The molecular formula is C39H26. The molecule has 0 heteroatoms. The molecule has 27 rings (SSSR count). The van der Waals surface area contributed by atoms with Crippen LogP contribution in [0.3, 0.4) is 0 Å². The van der Waals surface area contributed by atoms with Crippen molar-refractivity contribution in [2.75, 3.05) is 0 Å². The molecular weight excluding hydrogens is 468 g/mol. The highest BCUT2D eigenvalue weighted by atomic mass is 15.7. The topological polar surface area (TPSA) is 0 Å². The largest absolute Gasteiger partial charge is 0.0464 e. The zero-order chi connectivity index (χ0) is 21.7. The van der Waals surface area contributed by atoms with Crippen molar-refractivity contribution in [2.45, 2.75) is 25.7 Å². The Hall–Kier alpha value is 0. The van der Waals surface area contributed by atoms with Crippen LogP contribution >= 0.6 is 0 Å². The van der Waals surface area contributed by atoms with Gasteiger partial charge in [-0.25, -0.2) is 0 Å². The summed E-state index contributed by atoms with van der Waals surface area (Å²) in [7, 11) is 0. The Balaban J connectivity index is 1.01. The van der Waals surface area contributed by atoms with Gasteiger partial charge in [0, 0.05) is 0 Å². The second-order valence-electron chi connectivity index (χ2n) is 24.9. The van der Waals surface area contributed by atoms with E-state index in [0.29, 0.717) is 0 Å². The smallest absolute Gasteiger partial charge is 0.000461 e. The molecule has 35 unspecified atom stereocenters. The van der Waals surface area contributed by atoms with Gasteiger partial charge >= 0.3 is 0 Å². The average Bonchev–Trinajstić information content (AvgIpc) is 3.02. The number of hydrogen-bond acceptors (Lipinski definition) is 0. The van der Waals surface area contributed by atoms with Crippen LogP contribution in [0.25, 0.3) is 0 Å². The van der Waals surface area contributed by atoms with Crippen molar-refractivity contribution < 1.29 is 0 Å². The first kappa shape index (κ1) is 13.3. The third-order valence-corrected chi connectivity index (χ3v) is 32.8. The molecule has 0 aromatic heterocycles. The molecule has 0 bridgehead atoms. The fourth-order valence-corrected chi connectivity index (χ4v) is 41.4. The van der Waals surface area contributed by atoms with E-state index in [1.807, 2.05) is 25.7 Å². The van der Waals surface area contributed by atoms with Crippen LogP contribution in [0.1, 0.15) is 25.7 Å². The number of hydrogen-bond donors (Lipinski definition) is 0. The monoisotopic (exact) mass is 494 g/mol. The second kappa shape index (κ2) is 2.03. The van der Waals surface area contributed by atoms with Crippen molar-refractivity contribution in [3.05, 3.63) is 0 Å². The van der Waals surface area contributed by atoms with Gasteiger partial charge in [0.2, 0.25) is 0 Å². The number of rotatable bonds is 0. The van der Waals surface area contributed by atoms with Gasteiger partial charge in [0.1, 0.15) is 0 Å². The fraction of sp³-hybridized carbons (Fsp3) is 1.00. The molecule has 0 amide bonds. The average molecular weight is 495 g/mol. The quantitative estimate of drug-likeness (QED) is 0.481. The molecule has 17 spiro atoms. The van der Waals surface area contributed by atoms with Crippen molar-refractivity contribution in [1.82, 2.24) is 0 Å². The molecule has 27 aliphatic carbocycles. The Morgan fingerprint density at radius 3 is 1.59 bits per heavy atom. The molecule has 182 valence electrons. The molecule has 0 radical (unpaired) electrons.